The molecule has 2 aromatic carbocycles. The summed E-state index contributed by atoms with van der Waals surface area (Å²) < 4.78 is 56.8. The van der Waals surface area contributed by atoms with Crippen LogP contribution in [0.25, 0.3) is 0 Å². The highest BCUT2D eigenvalue weighted by Crippen LogP contribution is 2.52. The summed E-state index contributed by atoms with van der Waals surface area (Å²) >= 11 is 0.674. The number of carbonyl (C=O) groups is 5. The molecule has 0 spiro atoms. The fourth-order valence-electron chi connectivity index (χ4n) is 5.63. The van der Waals surface area contributed by atoms with E-state index >= 15 is 0 Å². The molecule has 19 heteroatoms. The molecule has 1 saturated heterocycles. The molecule has 2 atom stereocenters. The third kappa shape index (κ3) is 11.4. The van der Waals surface area contributed by atoms with Crippen LogP contribution in [0.15, 0.2) is 83.2 Å². The number of benzene rings is 2. The Hall–Kier alpha value is -5.40. The number of nitrogens with one attached hydrogen (secondary N) is 2. The largest absolute Gasteiger partial charge is 0.492 e. The number of carbonyl (C=O) groups excluding carboxylic acids is 5. The van der Waals surface area contributed by atoms with E-state index < -0.39 is 58.4 Å². The van der Waals surface area contributed by atoms with Crippen LogP contribution in [0.1, 0.15) is 41.3 Å². The van der Waals surface area contributed by atoms with Crippen molar-refractivity contribution < 1.29 is 51.4 Å². The van der Waals surface area contributed by atoms with Crippen molar-refractivity contribution in [3.63, 3.8) is 0 Å². The molecule has 3 heterocycles. The average Bonchev–Trinajstić information content (AvgIpc) is 3.97. The molecule has 2 aliphatic rings. The maximum atomic E-state index is 13.5. The van der Waals surface area contributed by atoms with Crippen molar-refractivity contribution in [2.75, 3.05) is 58.1 Å². The number of anilines is 1. The Bertz CT molecular complexity index is 1900. The Morgan fingerprint density at radius 3 is 2.33 bits per heavy atom. The zero-order valence-corrected chi connectivity index (χ0v) is 32.0. The van der Waals surface area contributed by atoms with Gasteiger partial charge in [0, 0.05) is 44.1 Å². The highest BCUT2D eigenvalue weighted by molar-refractivity contribution is 8.15. The highest BCUT2D eigenvalue weighted by Gasteiger charge is 2.65. The molecule has 1 fully saturated rings. The predicted octanol–water partition coefficient (Wildman–Crippen LogP) is 4.66. The molecule has 15 nitrogen and oxygen atoms in total. The molecule has 0 aliphatic carbocycles. The minimum Gasteiger partial charge on any atom is -0.492 e. The molecule has 304 valence electrons. The smallest absolute Gasteiger partial charge is 0.442 e. The van der Waals surface area contributed by atoms with Gasteiger partial charge in [-0.15, -0.1) is 10.2 Å². The van der Waals surface area contributed by atoms with Crippen molar-refractivity contribution in [2.45, 2.75) is 49.3 Å². The van der Waals surface area contributed by atoms with Crippen LogP contribution < -0.4 is 20.3 Å². The Kier molecular flexibility index (Phi) is 14.7. The standard InChI is InChI=1S/C38H42F3N7O8S/c1-3-54-21-22-55-19-6-17-43-34(51)29(44-33(50)26-10-12-27(13-11-26)37(45-46-37)38(39,40)41)24-32(49)48-35(52)30(57-36(48)53)23-25-8-14-28(15-9-25)56-20-18-47(2)31-7-4-5-16-42-31/h4-5,7-16,29-30H,3,6,17-24H2,1-2H3,(H,43,51)(H,44,50)/t29-,30?/m1/s1. The molecule has 1 aromatic heterocycles. The second-order valence-electron chi connectivity index (χ2n) is 12.9. The first-order valence-electron chi connectivity index (χ1n) is 18.1. The van der Waals surface area contributed by atoms with Gasteiger partial charge in [-0.05, 0) is 61.7 Å². The third-order valence-corrected chi connectivity index (χ3v) is 9.87. The molecule has 0 radical (unpaired) electrons. The van der Waals surface area contributed by atoms with Crippen LogP contribution in [0.5, 0.6) is 5.75 Å². The van der Waals surface area contributed by atoms with Gasteiger partial charge in [-0.2, -0.15) is 13.2 Å². The number of rotatable bonds is 21. The van der Waals surface area contributed by atoms with Crippen LogP contribution in [-0.2, 0) is 35.9 Å². The summed E-state index contributed by atoms with van der Waals surface area (Å²) in [6.07, 6.45) is -3.32. The molecule has 2 N–H and O–H groups in total. The summed E-state index contributed by atoms with van der Waals surface area (Å²) in [5.74, 6) is -2.06. The van der Waals surface area contributed by atoms with E-state index in [1.807, 2.05) is 37.1 Å². The Labute approximate surface area is 330 Å². The van der Waals surface area contributed by atoms with Crippen LogP contribution in [0.4, 0.5) is 23.8 Å². The first-order valence-corrected chi connectivity index (χ1v) is 19.0. The summed E-state index contributed by atoms with van der Waals surface area (Å²) in [6.45, 7) is 4.50. The van der Waals surface area contributed by atoms with Gasteiger partial charge in [0.1, 0.15) is 24.2 Å². The number of pyridine rings is 1. The number of hydrogen-bond donors (Lipinski definition) is 2. The van der Waals surface area contributed by atoms with Gasteiger partial charge in [0.05, 0.1) is 31.4 Å². The number of imide groups is 3. The number of halogens is 3. The first kappa shape index (κ1) is 42.7. The van der Waals surface area contributed by atoms with E-state index in [9.17, 15) is 37.1 Å². The van der Waals surface area contributed by atoms with Gasteiger partial charge in [0.25, 0.3) is 17.1 Å². The van der Waals surface area contributed by atoms with Crippen molar-refractivity contribution >= 4 is 46.4 Å². The van der Waals surface area contributed by atoms with Gasteiger partial charge in [0.15, 0.2) is 0 Å². The van der Waals surface area contributed by atoms with Crippen LogP contribution >= 0.6 is 11.8 Å². The van der Waals surface area contributed by atoms with Gasteiger partial charge in [-0.25, -0.2) is 9.88 Å². The van der Waals surface area contributed by atoms with Gasteiger partial charge >= 0.3 is 11.8 Å². The number of amides is 5. The predicted molar refractivity (Wildman–Crippen MR) is 202 cm³/mol. The molecular formula is C38H42F3N7O8S. The van der Waals surface area contributed by atoms with E-state index in [0.29, 0.717) is 67.4 Å². The molecule has 5 rings (SSSR count). The van der Waals surface area contributed by atoms with Crippen LogP contribution in [-0.4, -0.2) is 109 Å². The van der Waals surface area contributed by atoms with Gasteiger partial charge in [-0.1, -0.05) is 42.1 Å². The molecule has 5 amide bonds. The number of ether oxygens (including phenoxy) is 3. The van der Waals surface area contributed by atoms with Crippen LogP contribution in [0, 0.1) is 0 Å². The maximum absolute atomic E-state index is 13.5. The van der Waals surface area contributed by atoms with Crippen LogP contribution in [0.2, 0.25) is 0 Å². The van der Waals surface area contributed by atoms with Gasteiger partial charge in [-0.3, -0.25) is 24.0 Å². The zero-order valence-electron chi connectivity index (χ0n) is 31.2. The SMILES string of the molecule is CCOCCOCCCNC(=O)[C@@H](CC(=O)N1C(=O)SC(Cc2ccc(OCCN(C)c3ccccn3)cc2)C1=O)NC(=O)c1ccc(C2(C(F)(F)F)N=N2)cc1. The Balaban J connectivity index is 1.17. The number of aromatic nitrogens is 1. The summed E-state index contributed by atoms with van der Waals surface area (Å²) in [6, 6.07) is 15.3. The number of likely N-dealkylation sites (N-methyl/N-ethyl adjacent to an activating group) is 1. The van der Waals surface area contributed by atoms with Crippen molar-refractivity contribution in [3.8, 4) is 5.75 Å². The van der Waals surface area contributed by atoms with Gasteiger partial charge in [0.2, 0.25) is 11.8 Å². The van der Waals surface area contributed by atoms with E-state index in [1.54, 1.807) is 30.5 Å². The molecule has 3 aromatic rings. The molecule has 0 bridgehead atoms. The average molecular weight is 814 g/mol. The van der Waals surface area contributed by atoms with Crippen LogP contribution in [0.3, 0.4) is 0 Å². The van der Waals surface area contributed by atoms with E-state index in [2.05, 4.69) is 25.8 Å². The summed E-state index contributed by atoms with van der Waals surface area (Å²) in [7, 11) is 1.90. The minimum atomic E-state index is -4.77. The normalized spacial score (nSPS) is 16.3. The number of nitrogens with zero attached hydrogens (tertiary/aromatic N) is 5. The van der Waals surface area contributed by atoms with Crippen molar-refractivity contribution in [1.82, 2.24) is 20.5 Å². The fraction of sp³-hybridized carbons (Fsp3) is 0.421. The van der Waals surface area contributed by atoms with E-state index in [-0.39, 0.29) is 30.7 Å². The quantitative estimate of drug-likeness (QED) is 0.143. The summed E-state index contributed by atoms with van der Waals surface area (Å²) in [5, 5.41) is 9.57. The molecule has 0 saturated carbocycles. The molecule has 57 heavy (non-hydrogen) atoms. The molecule has 1 unspecified atom stereocenters. The number of hydrogen-bond acceptors (Lipinski definition) is 13. The van der Waals surface area contributed by atoms with E-state index in [0.717, 1.165) is 30.1 Å². The lowest BCUT2D eigenvalue weighted by Gasteiger charge is -2.20. The summed E-state index contributed by atoms with van der Waals surface area (Å²) in [4.78, 5) is 73.1. The lowest BCUT2D eigenvalue weighted by Crippen LogP contribution is -2.50. The maximum Gasteiger partial charge on any atom is 0.442 e. The molecular weight excluding hydrogens is 772 g/mol. The van der Waals surface area contributed by atoms with Crippen molar-refractivity contribution in [1.29, 1.82) is 0 Å². The Morgan fingerprint density at radius 2 is 1.68 bits per heavy atom. The van der Waals surface area contributed by atoms with Crippen molar-refractivity contribution in [2.24, 2.45) is 10.2 Å². The topological polar surface area (TPSA) is 181 Å². The zero-order chi connectivity index (χ0) is 41.0. The fourth-order valence-corrected chi connectivity index (χ4v) is 6.65. The third-order valence-electron chi connectivity index (χ3n) is 8.84. The minimum absolute atomic E-state index is 0.0980. The number of alkyl halides is 3. The lowest BCUT2D eigenvalue weighted by atomic mass is 10.0. The summed E-state index contributed by atoms with van der Waals surface area (Å²) in [5.41, 5.74) is -2.40. The van der Waals surface area contributed by atoms with Crippen molar-refractivity contribution in [3.05, 3.63) is 89.6 Å². The first-order chi connectivity index (χ1) is 27.3. The van der Waals surface area contributed by atoms with E-state index in [1.165, 1.54) is 0 Å². The monoisotopic (exact) mass is 813 g/mol. The second-order valence-corrected chi connectivity index (χ2v) is 14.0. The highest BCUT2D eigenvalue weighted by atomic mass is 32.2. The lowest BCUT2D eigenvalue weighted by molar-refractivity contribution is -0.166. The molecule has 2 aliphatic heterocycles. The number of thioether (sulfide) groups is 1. The second kappa shape index (κ2) is 19.6. The Morgan fingerprint density at radius 1 is 0.965 bits per heavy atom. The van der Waals surface area contributed by atoms with E-state index in [4.69, 9.17) is 14.2 Å². The van der Waals surface area contributed by atoms with Gasteiger partial charge < -0.3 is 29.7 Å².